The van der Waals surface area contributed by atoms with Crippen molar-refractivity contribution < 1.29 is 18.7 Å². The van der Waals surface area contributed by atoms with E-state index in [9.17, 15) is 9.59 Å². The maximum absolute atomic E-state index is 13.6. The van der Waals surface area contributed by atoms with Crippen molar-refractivity contribution in [2.45, 2.75) is 33.1 Å². The Labute approximate surface area is 243 Å². The number of amides is 1. The number of fused-ring (bicyclic) bond motifs is 1. The zero-order chi connectivity index (χ0) is 29.1. The van der Waals surface area contributed by atoms with Gasteiger partial charge in [-0.05, 0) is 72.0 Å². The Hall–Kier alpha value is -4.55. The first-order chi connectivity index (χ1) is 19.6. The molecule has 4 aromatic carbocycles. The molecule has 1 heterocycles. The fourth-order valence-electron chi connectivity index (χ4n) is 4.31. The SMILES string of the molecule is Cc1cc2oc(-c3ccc(C(C)(C)C)cc3)c(OCC(=O)Nc3ccc(Oc4ccccc4)cc3)c(=O)c2cc1Cl. The highest BCUT2D eigenvalue weighted by Crippen LogP contribution is 2.34. The van der Waals surface area contributed by atoms with Gasteiger partial charge in [0, 0.05) is 16.3 Å². The van der Waals surface area contributed by atoms with Crippen molar-refractivity contribution in [3.8, 4) is 28.6 Å². The van der Waals surface area contributed by atoms with E-state index in [4.69, 9.17) is 25.5 Å². The second kappa shape index (κ2) is 11.5. The molecule has 0 aliphatic heterocycles. The molecule has 0 atom stereocenters. The van der Waals surface area contributed by atoms with Gasteiger partial charge in [0.25, 0.3) is 5.91 Å². The molecule has 0 spiro atoms. The van der Waals surface area contributed by atoms with E-state index in [0.717, 1.165) is 11.1 Å². The highest BCUT2D eigenvalue weighted by molar-refractivity contribution is 6.32. The first-order valence-corrected chi connectivity index (χ1v) is 13.6. The Kier molecular flexibility index (Phi) is 7.86. The molecule has 0 unspecified atom stereocenters. The van der Waals surface area contributed by atoms with Gasteiger partial charge in [-0.1, -0.05) is 74.8 Å². The van der Waals surface area contributed by atoms with Gasteiger partial charge in [-0.15, -0.1) is 0 Å². The monoisotopic (exact) mass is 567 g/mol. The highest BCUT2D eigenvalue weighted by Gasteiger charge is 2.21. The predicted octanol–water partition coefficient (Wildman–Crippen LogP) is 8.53. The van der Waals surface area contributed by atoms with Crippen LogP contribution in [-0.2, 0) is 10.2 Å². The van der Waals surface area contributed by atoms with Gasteiger partial charge < -0.3 is 19.2 Å². The number of anilines is 1. The van der Waals surface area contributed by atoms with Gasteiger partial charge in [-0.2, -0.15) is 0 Å². The van der Waals surface area contributed by atoms with E-state index in [-0.39, 0.29) is 22.3 Å². The van der Waals surface area contributed by atoms with Crippen molar-refractivity contribution in [2.24, 2.45) is 0 Å². The molecule has 0 saturated carbocycles. The van der Waals surface area contributed by atoms with Crippen LogP contribution in [0.5, 0.6) is 17.2 Å². The van der Waals surface area contributed by atoms with Crippen LogP contribution < -0.4 is 20.2 Å². The minimum absolute atomic E-state index is 0.0418. The topological polar surface area (TPSA) is 77.8 Å². The summed E-state index contributed by atoms with van der Waals surface area (Å²) >= 11 is 6.31. The Bertz CT molecular complexity index is 1750. The Morgan fingerprint density at radius 2 is 1.56 bits per heavy atom. The van der Waals surface area contributed by atoms with E-state index in [1.165, 1.54) is 0 Å². The smallest absolute Gasteiger partial charge is 0.262 e. The highest BCUT2D eigenvalue weighted by atomic mass is 35.5. The summed E-state index contributed by atoms with van der Waals surface area (Å²) in [6, 6.07) is 27.4. The first kappa shape index (κ1) is 28.0. The van der Waals surface area contributed by atoms with Crippen LogP contribution in [0, 0.1) is 6.92 Å². The summed E-state index contributed by atoms with van der Waals surface area (Å²) in [5.41, 5.74) is 3.08. The van der Waals surface area contributed by atoms with E-state index in [1.54, 1.807) is 36.4 Å². The number of benzene rings is 4. The Morgan fingerprint density at radius 1 is 0.902 bits per heavy atom. The van der Waals surface area contributed by atoms with E-state index in [2.05, 4.69) is 26.1 Å². The molecule has 1 amide bonds. The van der Waals surface area contributed by atoms with Gasteiger partial charge in [0.2, 0.25) is 11.2 Å². The number of hydrogen-bond donors (Lipinski definition) is 1. The normalized spacial score (nSPS) is 11.3. The Balaban J connectivity index is 1.38. The van der Waals surface area contributed by atoms with Gasteiger partial charge in [0.15, 0.2) is 12.4 Å². The lowest BCUT2D eigenvalue weighted by atomic mass is 9.86. The van der Waals surface area contributed by atoms with Crippen molar-refractivity contribution >= 4 is 34.2 Å². The molecular weight excluding hydrogens is 538 g/mol. The van der Waals surface area contributed by atoms with Crippen LogP contribution >= 0.6 is 11.6 Å². The number of para-hydroxylation sites is 1. The largest absolute Gasteiger partial charge is 0.476 e. The summed E-state index contributed by atoms with van der Waals surface area (Å²) in [6.07, 6.45) is 0. The van der Waals surface area contributed by atoms with Gasteiger partial charge in [-0.25, -0.2) is 0 Å². The Morgan fingerprint density at radius 3 is 2.22 bits per heavy atom. The molecule has 7 heteroatoms. The van der Waals surface area contributed by atoms with E-state index in [0.29, 0.717) is 33.4 Å². The second-order valence-electron chi connectivity index (χ2n) is 10.8. The predicted molar refractivity (Wildman–Crippen MR) is 163 cm³/mol. The zero-order valence-electron chi connectivity index (χ0n) is 23.3. The number of carbonyl (C=O) groups excluding carboxylic acids is 1. The van der Waals surface area contributed by atoms with Gasteiger partial charge in [-0.3, -0.25) is 9.59 Å². The number of rotatable bonds is 7. The molecule has 0 fully saturated rings. The van der Waals surface area contributed by atoms with Crippen molar-refractivity contribution in [3.05, 3.63) is 117 Å². The summed E-state index contributed by atoms with van der Waals surface area (Å²) < 4.78 is 17.9. The lowest BCUT2D eigenvalue weighted by Crippen LogP contribution is -2.22. The summed E-state index contributed by atoms with van der Waals surface area (Å²) in [7, 11) is 0. The quantitative estimate of drug-likeness (QED) is 0.213. The van der Waals surface area contributed by atoms with E-state index < -0.39 is 17.9 Å². The minimum Gasteiger partial charge on any atom is -0.476 e. The van der Waals surface area contributed by atoms with Gasteiger partial charge in [0.05, 0.1) is 5.39 Å². The number of ether oxygens (including phenoxy) is 2. The lowest BCUT2D eigenvalue weighted by molar-refractivity contribution is -0.118. The standard InChI is InChI=1S/C34H30ClNO5/c1-21-18-29-27(19-28(21)35)31(38)33(32(41-29)22-10-12-23(13-11-22)34(2,3)4)39-20-30(37)36-24-14-16-26(17-15-24)40-25-8-6-5-7-9-25/h5-19H,20H2,1-4H3,(H,36,37). The minimum atomic E-state index is -0.433. The van der Waals surface area contributed by atoms with Crippen molar-refractivity contribution in [2.75, 3.05) is 11.9 Å². The fourth-order valence-corrected chi connectivity index (χ4v) is 4.47. The molecule has 1 aromatic heterocycles. The molecule has 41 heavy (non-hydrogen) atoms. The maximum Gasteiger partial charge on any atom is 0.262 e. The third kappa shape index (κ3) is 6.44. The van der Waals surface area contributed by atoms with Gasteiger partial charge in [0.1, 0.15) is 17.1 Å². The molecule has 0 aliphatic carbocycles. The number of carbonyl (C=O) groups is 1. The zero-order valence-corrected chi connectivity index (χ0v) is 24.0. The number of nitrogens with one attached hydrogen (secondary N) is 1. The van der Waals surface area contributed by atoms with Crippen LogP contribution in [0.3, 0.4) is 0 Å². The van der Waals surface area contributed by atoms with Crippen molar-refractivity contribution in [1.82, 2.24) is 0 Å². The maximum atomic E-state index is 13.6. The van der Waals surface area contributed by atoms with Gasteiger partial charge >= 0.3 is 0 Å². The van der Waals surface area contributed by atoms with Crippen LogP contribution in [0.25, 0.3) is 22.3 Å². The lowest BCUT2D eigenvalue weighted by Gasteiger charge is -2.19. The van der Waals surface area contributed by atoms with Crippen molar-refractivity contribution in [1.29, 1.82) is 0 Å². The fraction of sp³-hybridized carbons (Fsp3) is 0.176. The molecule has 0 bridgehead atoms. The molecule has 0 radical (unpaired) electrons. The molecule has 208 valence electrons. The van der Waals surface area contributed by atoms with Crippen molar-refractivity contribution in [3.63, 3.8) is 0 Å². The van der Waals surface area contributed by atoms with Crippen LogP contribution in [0.4, 0.5) is 5.69 Å². The molecule has 0 aliphatic rings. The molecular formula is C34H30ClNO5. The van der Waals surface area contributed by atoms with Crippen LogP contribution in [0.2, 0.25) is 5.02 Å². The third-order valence-electron chi connectivity index (χ3n) is 6.61. The number of hydrogen-bond acceptors (Lipinski definition) is 5. The average Bonchev–Trinajstić information content (AvgIpc) is 2.95. The molecule has 1 N–H and O–H groups in total. The van der Waals surface area contributed by atoms with Crippen LogP contribution in [0.1, 0.15) is 31.9 Å². The first-order valence-electron chi connectivity index (χ1n) is 13.2. The summed E-state index contributed by atoms with van der Waals surface area (Å²) in [5, 5.41) is 3.50. The number of halogens is 1. The number of aryl methyl sites for hydroxylation is 1. The summed E-state index contributed by atoms with van der Waals surface area (Å²) in [4.78, 5) is 26.4. The third-order valence-corrected chi connectivity index (χ3v) is 7.01. The molecule has 6 nitrogen and oxygen atoms in total. The van der Waals surface area contributed by atoms with Crippen LogP contribution in [-0.4, -0.2) is 12.5 Å². The summed E-state index contributed by atoms with van der Waals surface area (Å²) in [6.45, 7) is 7.82. The summed E-state index contributed by atoms with van der Waals surface area (Å²) in [5.74, 6) is 1.11. The molecule has 5 aromatic rings. The second-order valence-corrected chi connectivity index (χ2v) is 11.2. The average molecular weight is 568 g/mol. The van der Waals surface area contributed by atoms with E-state index >= 15 is 0 Å². The molecule has 5 rings (SSSR count). The van der Waals surface area contributed by atoms with E-state index in [1.807, 2.05) is 61.5 Å². The molecule has 0 saturated heterocycles. The van der Waals surface area contributed by atoms with Crippen LogP contribution in [0.15, 0.2) is 100 Å².